The van der Waals surface area contributed by atoms with Crippen LogP contribution in [0.5, 0.6) is 0 Å². The van der Waals surface area contributed by atoms with Crippen LogP contribution in [-0.2, 0) is 16.1 Å². The summed E-state index contributed by atoms with van der Waals surface area (Å²) in [4.78, 5) is 15.6. The number of thiazole rings is 1. The molecule has 1 heterocycles. The summed E-state index contributed by atoms with van der Waals surface area (Å²) >= 11 is 1.56. The van der Waals surface area contributed by atoms with Gasteiger partial charge in [0, 0.05) is 24.7 Å². The molecule has 1 aromatic rings. The molecule has 1 amide bonds. The SMILES string of the molecule is COCCNCC(=O)NCc1nc(C)cs1. The number of methoxy groups -OCH3 is 1. The molecule has 1 aromatic heterocycles. The van der Waals surface area contributed by atoms with E-state index in [0.29, 0.717) is 26.2 Å². The molecular formula is C10H17N3O2S. The molecule has 0 unspecified atom stereocenters. The van der Waals surface area contributed by atoms with Crippen LogP contribution >= 0.6 is 11.3 Å². The van der Waals surface area contributed by atoms with Crippen LogP contribution in [-0.4, -0.2) is 37.7 Å². The van der Waals surface area contributed by atoms with E-state index in [-0.39, 0.29) is 5.91 Å². The molecule has 0 bridgehead atoms. The predicted molar refractivity (Wildman–Crippen MR) is 63.4 cm³/mol. The minimum absolute atomic E-state index is 0.0241. The molecule has 6 heteroatoms. The lowest BCUT2D eigenvalue weighted by Crippen LogP contribution is -2.34. The fourth-order valence-electron chi connectivity index (χ4n) is 1.10. The van der Waals surface area contributed by atoms with Crippen molar-refractivity contribution in [3.8, 4) is 0 Å². The van der Waals surface area contributed by atoms with E-state index < -0.39 is 0 Å². The van der Waals surface area contributed by atoms with Gasteiger partial charge in [-0.1, -0.05) is 0 Å². The summed E-state index contributed by atoms with van der Waals surface area (Å²) in [6.07, 6.45) is 0. The Kier molecular flexibility index (Phi) is 5.99. The third-order valence-corrected chi connectivity index (χ3v) is 2.84. The third kappa shape index (κ3) is 5.20. The van der Waals surface area contributed by atoms with Crippen molar-refractivity contribution in [2.75, 3.05) is 26.8 Å². The standard InChI is InChI=1S/C10H17N3O2S/c1-8-7-16-10(13-8)6-12-9(14)5-11-3-4-15-2/h7,11H,3-6H2,1-2H3,(H,12,14). The van der Waals surface area contributed by atoms with E-state index in [2.05, 4.69) is 15.6 Å². The Bertz CT molecular complexity index is 328. The molecule has 90 valence electrons. The Morgan fingerprint density at radius 1 is 1.62 bits per heavy atom. The molecule has 0 aliphatic heterocycles. The van der Waals surface area contributed by atoms with Gasteiger partial charge in [0.05, 0.1) is 19.7 Å². The molecule has 0 radical (unpaired) electrons. The number of hydrogen-bond acceptors (Lipinski definition) is 5. The number of carbonyl (C=O) groups excluding carboxylic acids is 1. The number of nitrogens with one attached hydrogen (secondary N) is 2. The average molecular weight is 243 g/mol. The van der Waals surface area contributed by atoms with Crippen molar-refractivity contribution in [2.24, 2.45) is 0 Å². The summed E-state index contributed by atoms with van der Waals surface area (Å²) in [6.45, 7) is 4.05. The van der Waals surface area contributed by atoms with Crippen LogP contribution in [0, 0.1) is 6.92 Å². The highest BCUT2D eigenvalue weighted by Gasteiger charge is 2.02. The number of ether oxygens (including phenoxy) is 1. The van der Waals surface area contributed by atoms with Crippen LogP contribution in [0.4, 0.5) is 0 Å². The zero-order valence-corrected chi connectivity index (χ0v) is 10.4. The summed E-state index contributed by atoms with van der Waals surface area (Å²) in [5, 5.41) is 8.67. The van der Waals surface area contributed by atoms with E-state index in [4.69, 9.17) is 4.74 Å². The van der Waals surface area contributed by atoms with Crippen LogP contribution in [0.1, 0.15) is 10.7 Å². The monoisotopic (exact) mass is 243 g/mol. The first-order valence-corrected chi connectivity index (χ1v) is 5.97. The van der Waals surface area contributed by atoms with Gasteiger partial charge in [0.2, 0.25) is 5.91 Å². The molecule has 0 fully saturated rings. The largest absolute Gasteiger partial charge is 0.383 e. The molecule has 0 saturated heterocycles. The van der Waals surface area contributed by atoms with E-state index >= 15 is 0 Å². The van der Waals surface area contributed by atoms with Crippen LogP contribution in [0.15, 0.2) is 5.38 Å². The fourth-order valence-corrected chi connectivity index (χ4v) is 1.81. The first-order valence-electron chi connectivity index (χ1n) is 5.09. The summed E-state index contributed by atoms with van der Waals surface area (Å²) in [5.41, 5.74) is 0.993. The van der Waals surface area contributed by atoms with E-state index in [1.54, 1.807) is 18.4 Å². The van der Waals surface area contributed by atoms with Gasteiger partial charge in [0.25, 0.3) is 0 Å². The summed E-state index contributed by atoms with van der Waals surface area (Å²) in [7, 11) is 1.63. The molecular weight excluding hydrogens is 226 g/mol. The van der Waals surface area contributed by atoms with Gasteiger partial charge in [-0.05, 0) is 6.92 Å². The summed E-state index contributed by atoms with van der Waals surface area (Å²) in [6, 6.07) is 0. The second kappa shape index (κ2) is 7.32. The molecule has 0 atom stereocenters. The van der Waals surface area contributed by atoms with Crippen molar-refractivity contribution >= 4 is 17.2 Å². The Morgan fingerprint density at radius 3 is 3.06 bits per heavy atom. The molecule has 1 rings (SSSR count). The van der Waals surface area contributed by atoms with Crippen LogP contribution in [0.3, 0.4) is 0 Å². The Balaban J connectivity index is 2.10. The average Bonchev–Trinajstić information content (AvgIpc) is 2.68. The van der Waals surface area contributed by atoms with E-state index in [1.807, 2.05) is 12.3 Å². The number of nitrogens with zero attached hydrogens (tertiary/aromatic N) is 1. The maximum Gasteiger partial charge on any atom is 0.234 e. The van der Waals surface area contributed by atoms with Crippen LogP contribution in [0.25, 0.3) is 0 Å². The third-order valence-electron chi connectivity index (χ3n) is 1.87. The Morgan fingerprint density at radius 2 is 2.44 bits per heavy atom. The molecule has 0 aliphatic rings. The lowest BCUT2D eigenvalue weighted by atomic mass is 10.5. The van der Waals surface area contributed by atoms with Crippen molar-refractivity contribution in [1.29, 1.82) is 0 Å². The Labute approximate surface area is 99.2 Å². The minimum Gasteiger partial charge on any atom is -0.383 e. The molecule has 5 nitrogen and oxygen atoms in total. The molecule has 0 aromatic carbocycles. The van der Waals surface area contributed by atoms with Gasteiger partial charge in [-0.25, -0.2) is 4.98 Å². The molecule has 2 N–H and O–H groups in total. The van der Waals surface area contributed by atoms with E-state index in [9.17, 15) is 4.79 Å². The predicted octanol–water partition coefficient (Wildman–Crippen LogP) is 0.304. The number of aryl methyl sites for hydroxylation is 1. The molecule has 16 heavy (non-hydrogen) atoms. The highest BCUT2D eigenvalue weighted by Crippen LogP contribution is 2.07. The lowest BCUT2D eigenvalue weighted by molar-refractivity contribution is -0.120. The van der Waals surface area contributed by atoms with Crippen molar-refractivity contribution in [3.05, 3.63) is 16.1 Å². The zero-order valence-electron chi connectivity index (χ0n) is 9.58. The Hall–Kier alpha value is -0.980. The zero-order chi connectivity index (χ0) is 11.8. The van der Waals surface area contributed by atoms with Crippen molar-refractivity contribution < 1.29 is 9.53 Å². The number of rotatable bonds is 7. The molecule has 0 aliphatic carbocycles. The first-order chi connectivity index (χ1) is 7.72. The first kappa shape index (κ1) is 13.1. The number of amides is 1. The number of aromatic nitrogens is 1. The van der Waals surface area contributed by atoms with Gasteiger partial charge in [0.15, 0.2) is 0 Å². The van der Waals surface area contributed by atoms with Gasteiger partial charge < -0.3 is 15.4 Å². The lowest BCUT2D eigenvalue weighted by Gasteiger charge is -2.04. The normalized spacial score (nSPS) is 10.4. The maximum absolute atomic E-state index is 11.3. The topological polar surface area (TPSA) is 63.2 Å². The maximum atomic E-state index is 11.3. The summed E-state index contributed by atoms with van der Waals surface area (Å²) in [5.74, 6) is -0.0241. The highest BCUT2D eigenvalue weighted by atomic mass is 32.1. The van der Waals surface area contributed by atoms with E-state index in [0.717, 1.165) is 10.7 Å². The van der Waals surface area contributed by atoms with Crippen molar-refractivity contribution in [1.82, 2.24) is 15.6 Å². The fraction of sp³-hybridized carbons (Fsp3) is 0.600. The molecule has 0 saturated carbocycles. The van der Waals surface area contributed by atoms with Crippen molar-refractivity contribution in [2.45, 2.75) is 13.5 Å². The highest BCUT2D eigenvalue weighted by molar-refractivity contribution is 7.09. The number of hydrogen-bond donors (Lipinski definition) is 2. The van der Waals surface area contributed by atoms with Gasteiger partial charge >= 0.3 is 0 Å². The van der Waals surface area contributed by atoms with Gasteiger partial charge in [-0.2, -0.15) is 0 Å². The molecule has 0 spiro atoms. The summed E-state index contributed by atoms with van der Waals surface area (Å²) < 4.78 is 4.85. The quantitative estimate of drug-likeness (QED) is 0.676. The van der Waals surface area contributed by atoms with Gasteiger partial charge in [0.1, 0.15) is 5.01 Å². The second-order valence-electron chi connectivity index (χ2n) is 3.33. The van der Waals surface area contributed by atoms with Crippen LogP contribution < -0.4 is 10.6 Å². The second-order valence-corrected chi connectivity index (χ2v) is 4.27. The van der Waals surface area contributed by atoms with Gasteiger partial charge in [-0.3, -0.25) is 4.79 Å². The van der Waals surface area contributed by atoms with Crippen LogP contribution in [0.2, 0.25) is 0 Å². The number of carbonyl (C=O) groups is 1. The van der Waals surface area contributed by atoms with Crippen molar-refractivity contribution in [3.63, 3.8) is 0 Å². The van der Waals surface area contributed by atoms with E-state index in [1.165, 1.54) is 0 Å². The minimum atomic E-state index is -0.0241. The smallest absolute Gasteiger partial charge is 0.234 e. The van der Waals surface area contributed by atoms with Gasteiger partial charge in [-0.15, -0.1) is 11.3 Å².